The molecule has 1 aromatic carbocycles. The van der Waals surface area contributed by atoms with Crippen LogP contribution in [0.4, 0.5) is 0 Å². The first-order valence-corrected chi connectivity index (χ1v) is 6.62. The Labute approximate surface area is 115 Å². The second-order valence-corrected chi connectivity index (χ2v) is 5.47. The summed E-state index contributed by atoms with van der Waals surface area (Å²) in [6.45, 7) is 1.86. The molecular formula is C15H16N2O3. The average Bonchev–Trinajstić information content (AvgIpc) is 3.09. The van der Waals surface area contributed by atoms with E-state index in [4.69, 9.17) is 5.11 Å². The molecule has 1 aliphatic carbocycles. The molecule has 5 nitrogen and oxygen atoms in total. The van der Waals surface area contributed by atoms with E-state index in [-0.39, 0.29) is 17.5 Å². The zero-order valence-corrected chi connectivity index (χ0v) is 11.2. The number of nitrogens with zero attached hydrogens (tertiary/aromatic N) is 1. The topological polar surface area (TPSA) is 75.1 Å². The van der Waals surface area contributed by atoms with E-state index in [0.717, 1.165) is 29.8 Å². The van der Waals surface area contributed by atoms with E-state index in [2.05, 4.69) is 4.98 Å². The molecule has 3 rings (SSSR count). The number of rotatable bonds is 4. The molecule has 5 heteroatoms. The highest BCUT2D eigenvalue weighted by atomic mass is 16.4. The summed E-state index contributed by atoms with van der Waals surface area (Å²) in [6, 6.07) is 7.62. The molecule has 1 aliphatic rings. The molecule has 1 heterocycles. The van der Waals surface area contributed by atoms with Gasteiger partial charge in [0.05, 0.1) is 12.1 Å². The maximum absolute atomic E-state index is 11.8. The highest BCUT2D eigenvalue weighted by Gasteiger charge is 2.46. The number of carboxylic acids is 1. The zero-order valence-electron chi connectivity index (χ0n) is 11.2. The fourth-order valence-corrected chi connectivity index (χ4v) is 2.76. The number of aromatic nitrogens is 2. The lowest BCUT2D eigenvalue weighted by Crippen LogP contribution is -2.17. The molecule has 1 saturated carbocycles. The SMILES string of the molecule is Cc1c[nH]c(=O)n1-c1cccc(C2(CC(=O)O)CC2)c1. The monoisotopic (exact) mass is 272 g/mol. The van der Waals surface area contributed by atoms with E-state index in [1.54, 1.807) is 10.8 Å². The van der Waals surface area contributed by atoms with Crippen LogP contribution in [0.2, 0.25) is 0 Å². The molecule has 2 N–H and O–H groups in total. The van der Waals surface area contributed by atoms with Crippen LogP contribution in [0.1, 0.15) is 30.5 Å². The summed E-state index contributed by atoms with van der Waals surface area (Å²) in [4.78, 5) is 25.5. The van der Waals surface area contributed by atoms with Crippen molar-refractivity contribution in [3.63, 3.8) is 0 Å². The van der Waals surface area contributed by atoms with Crippen LogP contribution in [-0.4, -0.2) is 20.6 Å². The summed E-state index contributed by atoms with van der Waals surface area (Å²) < 4.78 is 1.60. The van der Waals surface area contributed by atoms with Gasteiger partial charge in [0.15, 0.2) is 0 Å². The normalized spacial score (nSPS) is 16.1. The molecule has 0 atom stereocenters. The molecule has 1 fully saturated rings. The first-order chi connectivity index (χ1) is 9.52. The van der Waals surface area contributed by atoms with E-state index >= 15 is 0 Å². The minimum atomic E-state index is -0.775. The zero-order chi connectivity index (χ0) is 14.3. The fourth-order valence-electron chi connectivity index (χ4n) is 2.76. The van der Waals surface area contributed by atoms with Crippen LogP contribution in [-0.2, 0) is 10.2 Å². The van der Waals surface area contributed by atoms with Crippen molar-refractivity contribution < 1.29 is 9.90 Å². The fraction of sp³-hybridized carbons (Fsp3) is 0.333. The van der Waals surface area contributed by atoms with Crippen molar-refractivity contribution >= 4 is 5.97 Å². The van der Waals surface area contributed by atoms with Gasteiger partial charge in [-0.05, 0) is 37.5 Å². The van der Waals surface area contributed by atoms with Gasteiger partial charge < -0.3 is 10.1 Å². The third-order valence-electron chi connectivity index (χ3n) is 4.02. The van der Waals surface area contributed by atoms with Crippen LogP contribution < -0.4 is 5.69 Å². The smallest absolute Gasteiger partial charge is 0.330 e. The first-order valence-electron chi connectivity index (χ1n) is 6.62. The number of hydrogen-bond acceptors (Lipinski definition) is 2. The third kappa shape index (κ3) is 2.05. The number of carboxylic acid groups (broad SMARTS) is 1. The van der Waals surface area contributed by atoms with Crippen LogP contribution in [0.5, 0.6) is 0 Å². The number of benzene rings is 1. The van der Waals surface area contributed by atoms with Crippen LogP contribution in [0.25, 0.3) is 5.69 Å². The summed E-state index contributed by atoms with van der Waals surface area (Å²) in [5.41, 5.74) is 2.20. The van der Waals surface area contributed by atoms with Crippen molar-refractivity contribution in [2.45, 2.75) is 31.6 Å². The van der Waals surface area contributed by atoms with Gasteiger partial charge in [0.25, 0.3) is 0 Å². The van der Waals surface area contributed by atoms with E-state index in [9.17, 15) is 9.59 Å². The van der Waals surface area contributed by atoms with Crippen LogP contribution >= 0.6 is 0 Å². The Balaban J connectivity index is 2.03. The molecular weight excluding hydrogens is 256 g/mol. The van der Waals surface area contributed by atoms with E-state index in [1.807, 2.05) is 31.2 Å². The molecule has 2 aromatic rings. The second-order valence-electron chi connectivity index (χ2n) is 5.47. The Kier molecular flexibility index (Phi) is 2.78. The number of carbonyl (C=O) groups is 1. The predicted octanol–water partition coefficient (Wildman–Crippen LogP) is 1.98. The van der Waals surface area contributed by atoms with Crippen molar-refractivity contribution in [3.05, 3.63) is 52.2 Å². The van der Waals surface area contributed by atoms with E-state index in [0.29, 0.717) is 0 Å². The molecule has 1 aromatic heterocycles. The molecule has 0 saturated heterocycles. The number of nitrogens with one attached hydrogen (secondary N) is 1. The third-order valence-corrected chi connectivity index (χ3v) is 4.02. The highest BCUT2D eigenvalue weighted by molar-refractivity contribution is 5.70. The predicted molar refractivity (Wildman–Crippen MR) is 74.3 cm³/mol. The number of aromatic amines is 1. The Hall–Kier alpha value is -2.30. The minimum Gasteiger partial charge on any atom is -0.481 e. The summed E-state index contributed by atoms with van der Waals surface area (Å²) in [6.07, 6.45) is 3.60. The van der Waals surface area contributed by atoms with Gasteiger partial charge >= 0.3 is 11.7 Å². The molecule has 20 heavy (non-hydrogen) atoms. The molecule has 0 spiro atoms. The lowest BCUT2D eigenvalue weighted by molar-refractivity contribution is -0.137. The van der Waals surface area contributed by atoms with Crippen molar-refractivity contribution in [3.8, 4) is 5.69 Å². The number of aliphatic carboxylic acids is 1. The van der Waals surface area contributed by atoms with Gasteiger partial charge in [0.1, 0.15) is 0 Å². The molecule has 104 valence electrons. The molecule has 0 aliphatic heterocycles. The number of aryl methyl sites for hydroxylation is 1. The number of H-pyrrole nitrogens is 1. The number of imidazole rings is 1. The Morgan fingerprint density at radius 1 is 1.45 bits per heavy atom. The van der Waals surface area contributed by atoms with Crippen LogP contribution in [0, 0.1) is 6.92 Å². The maximum atomic E-state index is 11.8. The van der Waals surface area contributed by atoms with Gasteiger partial charge in [-0.1, -0.05) is 12.1 Å². The van der Waals surface area contributed by atoms with Gasteiger partial charge in [-0.15, -0.1) is 0 Å². The second kappa shape index (κ2) is 4.37. The Bertz CT molecular complexity index is 723. The van der Waals surface area contributed by atoms with Gasteiger partial charge in [-0.25, -0.2) is 4.79 Å². The molecule has 0 unspecified atom stereocenters. The van der Waals surface area contributed by atoms with Gasteiger partial charge in [0.2, 0.25) is 0 Å². The Morgan fingerprint density at radius 3 is 2.75 bits per heavy atom. The van der Waals surface area contributed by atoms with E-state index in [1.165, 1.54) is 0 Å². The Morgan fingerprint density at radius 2 is 2.20 bits per heavy atom. The summed E-state index contributed by atoms with van der Waals surface area (Å²) in [5.74, 6) is -0.775. The summed E-state index contributed by atoms with van der Waals surface area (Å²) in [5, 5.41) is 9.03. The van der Waals surface area contributed by atoms with Crippen LogP contribution in [0.3, 0.4) is 0 Å². The van der Waals surface area contributed by atoms with Crippen molar-refractivity contribution in [1.82, 2.24) is 9.55 Å². The van der Waals surface area contributed by atoms with E-state index < -0.39 is 5.97 Å². The van der Waals surface area contributed by atoms with Gasteiger partial charge in [-0.3, -0.25) is 9.36 Å². The van der Waals surface area contributed by atoms with Crippen LogP contribution in [0.15, 0.2) is 35.3 Å². The maximum Gasteiger partial charge on any atom is 0.330 e. The lowest BCUT2D eigenvalue weighted by Gasteiger charge is -2.15. The first kappa shape index (κ1) is 12.7. The van der Waals surface area contributed by atoms with Crippen molar-refractivity contribution in [2.75, 3.05) is 0 Å². The standard InChI is InChI=1S/C15H16N2O3/c1-10-9-16-14(20)17(10)12-4-2-3-11(7-12)15(5-6-15)8-13(18)19/h2-4,7,9H,5-6,8H2,1H3,(H,16,20)(H,18,19). The van der Waals surface area contributed by atoms with Gasteiger partial charge in [-0.2, -0.15) is 0 Å². The molecule has 0 amide bonds. The number of hydrogen-bond donors (Lipinski definition) is 2. The summed E-state index contributed by atoms with van der Waals surface area (Å²) in [7, 11) is 0. The summed E-state index contributed by atoms with van der Waals surface area (Å²) >= 11 is 0. The largest absolute Gasteiger partial charge is 0.481 e. The van der Waals surface area contributed by atoms with Gasteiger partial charge in [0, 0.05) is 17.3 Å². The average molecular weight is 272 g/mol. The highest BCUT2D eigenvalue weighted by Crippen LogP contribution is 2.51. The minimum absolute atomic E-state index is 0.150. The lowest BCUT2D eigenvalue weighted by atomic mass is 9.92. The molecule has 0 bridgehead atoms. The molecule has 0 radical (unpaired) electrons. The quantitative estimate of drug-likeness (QED) is 0.893. The van der Waals surface area contributed by atoms with Crippen molar-refractivity contribution in [1.29, 1.82) is 0 Å². The van der Waals surface area contributed by atoms with Crippen molar-refractivity contribution in [2.24, 2.45) is 0 Å².